The number of nitrogens with one attached hydrogen (secondary N) is 1. The first kappa shape index (κ1) is 12.2. The third-order valence-electron chi connectivity index (χ3n) is 2.36. The maximum Gasteiger partial charge on any atom is 0.344 e. The number of aromatic amines is 1. The average Bonchev–Trinajstić information content (AvgIpc) is 2.36. The Morgan fingerprint density at radius 2 is 2.11 bits per heavy atom. The van der Waals surface area contributed by atoms with Gasteiger partial charge in [-0.25, -0.2) is 4.79 Å². The Morgan fingerprint density at radius 3 is 2.89 bits per heavy atom. The van der Waals surface area contributed by atoms with Crippen LogP contribution >= 0.6 is 0 Å². The maximum absolute atomic E-state index is 11.1. The predicted octanol–water partition coefficient (Wildman–Crippen LogP) is 1.47. The summed E-state index contributed by atoms with van der Waals surface area (Å²) in [6.45, 7) is 1.95. The molecule has 94 valence electrons. The van der Waals surface area contributed by atoms with Crippen LogP contribution in [0.5, 0.6) is 5.75 Å². The summed E-state index contributed by atoms with van der Waals surface area (Å²) in [6.07, 6.45) is 0. The first-order valence-corrected chi connectivity index (χ1v) is 5.60. The smallest absolute Gasteiger partial charge is 0.344 e. The minimum Gasteiger partial charge on any atom is -0.482 e. The molecule has 0 bridgehead atoms. The second-order valence-electron chi connectivity index (χ2n) is 3.67. The van der Waals surface area contributed by atoms with Crippen LogP contribution in [0.3, 0.4) is 0 Å². The van der Waals surface area contributed by atoms with E-state index < -0.39 is 5.97 Å². The lowest BCUT2D eigenvalue weighted by Gasteiger charge is -2.06. The van der Waals surface area contributed by atoms with Crippen LogP contribution in [0.2, 0.25) is 0 Å². The molecule has 0 saturated heterocycles. The molecule has 5 nitrogen and oxygen atoms in total. The van der Waals surface area contributed by atoms with Crippen molar-refractivity contribution in [1.82, 2.24) is 4.98 Å². The highest BCUT2D eigenvalue weighted by Gasteiger charge is 2.03. The molecule has 0 saturated carbocycles. The van der Waals surface area contributed by atoms with Crippen molar-refractivity contribution in [1.29, 1.82) is 0 Å². The van der Waals surface area contributed by atoms with E-state index in [9.17, 15) is 9.59 Å². The Bertz CT molecular complexity index is 618. The molecule has 2 rings (SSSR count). The molecule has 0 radical (unpaired) electrons. The van der Waals surface area contributed by atoms with Gasteiger partial charge in [0.05, 0.1) is 6.61 Å². The summed E-state index contributed by atoms with van der Waals surface area (Å²) in [5.41, 5.74) is 0.577. The van der Waals surface area contributed by atoms with Gasteiger partial charge in [0.1, 0.15) is 5.75 Å². The van der Waals surface area contributed by atoms with Crippen LogP contribution < -0.4 is 10.3 Å². The van der Waals surface area contributed by atoms with Gasteiger partial charge in [0.25, 0.3) is 0 Å². The van der Waals surface area contributed by atoms with Crippen molar-refractivity contribution >= 4 is 16.9 Å². The number of carbonyl (C=O) groups is 1. The molecule has 0 aliphatic heterocycles. The number of carbonyl (C=O) groups excluding carboxylic acids is 1. The molecule has 1 aromatic heterocycles. The number of H-pyrrole nitrogens is 1. The fraction of sp³-hybridized carbons (Fsp3) is 0.231. The Kier molecular flexibility index (Phi) is 3.62. The largest absolute Gasteiger partial charge is 0.482 e. The van der Waals surface area contributed by atoms with E-state index in [1.165, 1.54) is 6.07 Å². The molecule has 0 spiro atoms. The number of pyridine rings is 1. The molecule has 1 N–H and O–H groups in total. The summed E-state index contributed by atoms with van der Waals surface area (Å²) in [5.74, 6) is 0.154. The van der Waals surface area contributed by atoms with Crippen molar-refractivity contribution in [3.8, 4) is 5.75 Å². The van der Waals surface area contributed by atoms with Gasteiger partial charge in [0, 0.05) is 17.0 Å². The van der Waals surface area contributed by atoms with Gasteiger partial charge in [0.2, 0.25) is 5.56 Å². The highest BCUT2D eigenvalue weighted by molar-refractivity contribution is 5.80. The number of fused-ring (bicyclic) bond motifs is 1. The predicted molar refractivity (Wildman–Crippen MR) is 66.7 cm³/mol. The van der Waals surface area contributed by atoms with Crippen molar-refractivity contribution in [2.45, 2.75) is 6.92 Å². The number of ether oxygens (including phenoxy) is 2. The van der Waals surface area contributed by atoms with Gasteiger partial charge in [-0.1, -0.05) is 0 Å². The van der Waals surface area contributed by atoms with Crippen LogP contribution in [0.4, 0.5) is 0 Å². The van der Waals surface area contributed by atoms with E-state index in [2.05, 4.69) is 4.98 Å². The zero-order valence-electron chi connectivity index (χ0n) is 9.93. The van der Waals surface area contributed by atoms with Gasteiger partial charge in [0.15, 0.2) is 6.61 Å². The number of rotatable bonds is 4. The SMILES string of the molecule is CCOC(=O)COc1ccc2[nH]c(=O)ccc2c1. The Labute approximate surface area is 103 Å². The number of hydrogen-bond acceptors (Lipinski definition) is 4. The van der Waals surface area contributed by atoms with Crippen LogP contribution in [0.25, 0.3) is 10.9 Å². The minimum atomic E-state index is -0.404. The quantitative estimate of drug-likeness (QED) is 0.831. The van der Waals surface area contributed by atoms with Crippen molar-refractivity contribution < 1.29 is 14.3 Å². The summed E-state index contributed by atoms with van der Waals surface area (Å²) in [6, 6.07) is 8.32. The van der Waals surface area contributed by atoms with Crippen molar-refractivity contribution in [3.63, 3.8) is 0 Å². The van der Waals surface area contributed by atoms with Gasteiger partial charge in [-0.05, 0) is 31.2 Å². The molecule has 1 aromatic carbocycles. The second kappa shape index (κ2) is 5.35. The average molecular weight is 247 g/mol. The highest BCUT2D eigenvalue weighted by Crippen LogP contribution is 2.18. The second-order valence-corrected chi connectivity index (χ2v) is 3.67. The third kappa shape index (κ3) is 2.88. The molecular formula is C13H13NO4. The Morgan fingerprint density at radius 1 is 1.28 bits per heavy atom. The zero-order valence-corrected chi connectivity index (χ0v) is 9.93. The van der Waals surface area contributed by atoms with Crippen molar-refractivity contribution in [2.75, 3.05) is 13.2 Å². The number of hydrogen-bond donors (Lipinski definition) is 1. The van der Waals surface area contributed by atoms with E-state index in [4.69, 9.17) is 9.47 Å². The van der Waals surface area contributed by atoms with E-state index in [0.717, 1.165) is 10.9 Å². The lowest BCUT2D eigenvalue weighted by atomic mass is 10.2. The molecule has 2 aromatic rings. The van der Waals surface area contributed by atoms with E-state index in [1.807, 2.05) is 0 Å². The number of benzene rings is 1. The van der Waals surface area contributed by atoms with Crippen LogP contribution in [-0.2, 0) is 9.53 Å². The Balaban J connectivity index is 2.13. The third-order valence-corrected chi connectivity index (χ3v) is 2.36. The molecule has 0 amide bonds. The molecule has 1 heterocycles. The highest BCUT2D eigenvalue weighted by atomic mass is 16.6. The molecular weight excluding hydrogens is 234 g/mol. The zero-order chi connectivity index (χ0) is 13.0. The molecule has 5 heteroatoms. The van der Waals surface area contributed by atoms with Gasteiger partial charge in [-0.2, -0.15) is 0 Å². The van der Waals surface area contributed by atoms with Gasteiger partial charge in [-0.15, -0.1) is 0 Å². The molecule has 0 atom stereocenters. The lowest BCUT2D eigenvalue weighted by Crippen LogP contribution is -2.14. The first-order chi connectivity index (χ1) is 8.69. The number of aromatic nitrogens is 1. The van der Waals surface area contributed by atoms with E-state index in [0.29, 0.717) is 12.4 Å². The standard InChI is InChI=1S/C13H13NO4/c1-2-17-13(16)8-18-10-4-5-11-9(7-10)3-6-12(15)14-11/h3-7H,2,8H2,1H3,(H,14,15). The summed E-state index contributed by atoms with van der Waals surface area (Å²) in [4.78, 5) is 24.9. The Hall–Kier alpha value is -2.30. The summed E-state index contributed by atoms with van der Waals surface area (Å²) in [5, 5.41) is 0.843. The van der Waals surface area contributed by atoms with Crippen LogP contribution in [0.15, 0.2) is 35.1 Å². The monoisotopic (exact) mass is 247 g/mol. The molecule has 0 unspecified atom stereocenters. The molecule has 0 aliphatic carbocycles. The van der Waals surface area contributed by atoms with Crippen LogP contribution in [0.1, 0.15) is 6.92 Å². The van der Waals surface area contributed by atoms with E-state index in [1.54, 1.807) is 31.2 Å². The molecule has 0 aliphatic rings. The molecule has 0 fully saturated rings. The van der Waals surface area contributed by atoms with E-state index in [-0.39, 0.29) is 12.2 Å². The van der Waals surface area contributed by atoms with Crippen molar-refractivity contribution in [2.24, 2.45) is 0 Å². The summed E-state index contributed by atoms with van der Waals surface area (Å²) < 4.78 is 10.0. The van der Waals surface area contributed by atoms with Gasteiger partial charge in [-0.3, -0.25) is 4.79 Å². The summed E-state index contributed by atoms with van der Waals surface area (Å²) >= 11 is 0. The normalized spacial score (nSPS) is 10.3. The van der Waals surface area contributed by atoms with Gasteiger partial charge < -0.3 is 14.5 Å². The van der Waals surface area contributed by atoms with Crippen molar-refractivity contribution in [3.05, 3.63) is 40.7 Å². The summed E-state index contributed by atoms with van der Waals surface area (Å²) in [7, 11) is 0. The molecule has 18 heavy (non-hydrogen) atoms. The van der Waals surface area contributed by atoms with Crippen LogP contribution in [0, 0.1) is 0 Å². The fourth-order valence-electron chi connectivity index (χ4n) is 1.57. The van der Waals surface area contributed by atoms with Gasteiger partial charge >= 0.3 is 5.97 Å². The minimum absolute atomic E-state index is 0.122. The van der Waals surface area contributed by atoms with E-state index >= 15 is 0 Å². The maximum atomic E-state index is 11.1. The topological polar surface area (TPSA) is 68.4 Å². The first-order valence-electron chi connectivity index (χ1n) is 5.60. The van der Waals surface area contributed by atoms with Crippen LogP contribution in [-0.4, -0.2) is 24.2 Å². The number of esters is 1. The lowest BCUT2D eigenvalue weighted by molar-refractivity contribution is -0.145. The fourth-order valence-corrected chi connectivity index (χ4v) is 1.57.